The van der Waals surface area contributed by atoms with Crippen LogP contribution in [-0.4, -0.2) is 17.0 Å². The van der Waals surface area contributed by atoms with Gasteiger partial charge in [0.1, 0.15) is 6.10 Å². The van der Waals surface area contributed by atoms with Crippen LogP contribution in [0, 0.1) is 12.8 Å². The Labute approximate surface area is 114 Å². The second-order valence-electron chi connectivity index (χ2n) is 4.76. The van der Waals surface area contributed by atoms with E-state index < -0.39 is 6.10 Å². The molecule has 1 aromatic rings. The van der Waals surface area contributed by atoms with E-state index >= 15 is 0 Å². The van der Waals surface area contributed by atoms with Crippen molar-refractivity contribution in [2.24, 2.45) is 5.92 Å². The fourth-order valence-corrected chi connectivity index (χ4v) is 2.39. The molecule has 0 saturated carbocycles. The summed E-state index contributed by atoms with van der Waals surface area (Å²) in [7, 11) is 0. The van der Waals surface area contributed by atoms with Gasteiger partial charge in [0.05, 0.1) is 0 Å². The van der Waals surface area contributed by atoms with Crippen molar-refractivity contribution >= 4 is 17.4 Å². The fraction of sp³-hybridized carbons (Fsp3) is 0.533. The third-order valence-electron chi connectivity index (χ3n) is 3.40. The maximum Gasteiger partial charge on any atom is 0.165 e. The van der Waals surface area contributed by atoms with Crippen LogP contribution in [0.15, 0.2) is 18.2 Å². The van der Waals surface area contributed by atoms with Crippen LogP contribution in [0.25, 0.3) is 0 Å². The number of carbonyl (C=O) groups is 1. The molecule has 1 atom stereocenters. The Hall–Kier alpha value is -0.860. The molecule has 0 aromatic heterocycles. The maximum absolute atomic E-state index is 12.0. The number of Topliss-reactive ketones (excluding diaryl/α,β-unsaturated/α-hetero) is 1. The highest BCUT2D eigenvalue weighted by Gasteiger charge is 2.23. The van der Waals surface area contributed by atoms with E-state index in [0.717, 1.165) is 24.0 Å². The van der Waals surface area contributed by atoms with Gasteiger partial charge in [-0.05, 0) is 30.0 Å². The van der Waals surface area contributed by atoms with E-state index in [1.54, 1.807) is 0 Å². The first-order chi connectivity index (χ1) is 8.49. The first-order valence-electron chi connectivity index (χ1n) is 6.45. The molecule has 0 saturated heterocycles. The largest absolute Gasteiger partial charge is 0.385 e. The van der Waals surface area contributed by atoms with Crippen LogP contribution in [0.5, 0.6) is 0 Å². The van der Waals surface area contributed by atoms with Crippen molar-refractivity contribution in [3.8, 4) is 0 Å². The van der Waals surface area contributed by atoms with Gasteiger partial charge >= 0.3 is 0 Å². The van der Waals surface area contributed by atoms with E-state index in [4.69, 9.17) is 11.6 Å². The number of aliphatic hydroxyl groups excluding tert-OH is 1. The second kappa shape index (κ2) is 6.91. The predicted octanol–water partition coefficient (Wildman–Crippen LogP) is 3.56. The minimum absolute atomic E-state index is 0.0433. The SMILES string of the molecule is CCC(CC)C(O)C(=O)Cc1ccc(C)cc1Cl. The van der Waals surface area contributed by atoms with Crippen molar-refractivity contribution < 1.29 is 9.90 Å². The van der Waals surface area contributed by atoms with Gasteiger partial charge < -0.3 is 5.11 Å². The number of rotatable bonds is 6. The smallest absolute Gasteiger partial charge is 0.165 e. The third-order valence-corrected chi connectivity index (χ3v) is 3.75. The van der Waals surface area contributed by atoms with E-state index in [0.29, 0.717) is 5.02 Å². The lowest BCUT2D eigenvalue weighted by Gasteiger charge is -2.19. The summed E-state index contributed by atoms with van der Waals surface area (Å²) in [6, 6.07) is 5.63. The van der Waals surface area contributed by atoms with Crippen LogP contribution in [-0.2, 0) is 11.2 Å². The highest BCUT2D eigenvalue weighted by molar-refractivity contribution is 6.31. The lowest BCUT2D eigenvalue weighted by Crippen LogP contribution is -2.30. The minimum atomic E-state index is -0.877. The zero-order valence-electron chi connectivity index (χ0n) is 11.2. The normalized spacial score (nSPS) is 12.8. The molecule has 1 rings (SSSR count). The lowest BCUT2D eigenvalue weighted by atomic mass is 9.91. The topological polar surface area (TPSA) is 37.3 Å². The lowest BCUT2D eigenvalue weighted by molar-refractivity contribution is -0.129. The van der Waals surface area contributed by atoms with Gasteiger partial charge in [-0.2, -0.15) is 0 Å². The summed E-state index contributed by atoms with van der Waals surface area (Å²) in [6.07, 6.45) is 0.949. The highest BCUT2D eigenvalue weighted by atomic mass is 35.5. The number of aryl methyl sites for hydroxylation is 1. The van der Waals surface area contributed by atoms with E-state index in [2.05, 4.69) is 0 Å². The average molecular weight is 269 g/mol. The van der Waals surface area contributed by atoms with Gasteiger partial charge in [0.2, 0.25) is 0 Å². The van der Waals surface area contributed by atoms with Crippen LogP contribution < -0.4 is 0 Å². The second-order valence-corrected chi connectivity index (χ2v) is 5.17. The summed E-state index contributed by atoms with van der Waals surface area (Å²) in [5, 5.41) is 10.6. The molecule has 0 bridgehead atoms. The summed E-state index contributed by atoms with van der Waals surface area (Å²) in [6.45, 7) is 5.93. The predicted molar refractivity (Wildman–Crippen MR) is 75.0 cm³/mol. The average Bonchev–Trinajstić information content (AvgIpc) is 2.34. The fourth-order valence-electron chi connectivity index (χ4n) is 2.09. The number of hydrogen-bond donors (Lipinski definition) is 1. The van der Waals surface area contributed by atoms with Gasteiger partial charge in [-0.1, -0.05) is 50.4 Å². The third kappa shape index (κ3) is 3.82. The number of benzene rings is 1. The number of ketones is 1. The van der Waals surface area contributed by atoms with E-state index in [1.807, 2.05) is 39.0 Å². The highest BCUT2D eigenvalue weighted by Crippen LogP contribution is 2.21. The summed E-state index contributed by atoms with van der Waals surface area (Å²) < 4.78 is 0. The van der Waals surface area contributed by atoms with Gasteiger partial charge in [0.15, 0.2) is 5.78 Å². The van der Waals surface area contributed by atoms with Crippen molar-refractivity contribution in [1.29, 1.82) is 0 Å². The van der Waals surface area contributed by atoms with E-state index in [9.17, 15) is 9.90 Å². The van der Waals surface area contributed by atoms with Crippen molar-refractivity contribution in [1.82, 2.24) is 0 Å². The van der Waals surface area contributed by atoms with Gasteiger partial charge in [-0.25, -0.2) is 0 Å². The summed E-state index contributed by atoms with van der Waals surface area (Å²) in [5.41, 5.74) is 1.86. The van der Waals surface area contributed by atoms with Gasteiger partial charge in [-0.3, -0.25) is 4.79 Å². The van der Waals surface area contributed by atoms with Crippen molar-refractivity contribution in [2.45, 2.75) is 46.1 Å². The molecular formula is C15H21ClO2. The van der Waals surface area contributed by atoms with E-state index in [1.165, 1.54) is 0 Å². The molecule has 0 spiro atoms. The Bertz CT molecular complexity index is 411. The summed E-state index contributed by atoms with van der Waals surface area (Å²) in [4.78, 5) is 12.0. The van der Waals surface area contributed by atoms with E-state index in [-0.39, 0.29) is 18.1 Å². The molecule has 18 heavy (non-hydrogen) atoms. The Morgan fingerprint density at radius 1 is 1.33 bits per heavy atom. The molecule has 0 fully saturated rings. The monoisotopic (exact) mass is 268 g/mol. The number of halogens is 1. The first kappa shape index (κ1) is 15.2. The molecule has 1 N–H and O–H groups in total. The van der Waals surface area contributed by atoms with Crippen molar-refractivity contribution in [2.75, 3.05) is 0 Å². The van der Waals surface area contributed by atoms with Crippen LogP contribution in [0.1, 0.15) is 37.8 Å². The van der Waals surface area contributed by atoms with Crippen LogP contribution in [0.4, 0.5) is 0 Å². The zero-order valence-corrected chi connectivity index (χ0v) is 12.0. The molecule has 0 aliphatic carbocycles. The molecule has 0 radical (unpaired) electrons. The van der Waals surface area contributed by atoms with Crippen LogP contribution >= 0.6 is 11.6 Å². The molecule has 0 amide bonds. The van der Waals surface area contributed by atoms with Crippen LogP contribution in [0.2, 0.25) is 5.02 Å². The molecule has 0 heterocycles. The number of hydrogen-bond acceptors (Lipinski definition) is 2. The number of aliphatic hydroxyl groups is 1. The maximum atomic E-state index is 12.0. The summed E-state index contributed by atoms with van der Waals surface area (Å²) >= 11 is 6.09. The first-order valence-corrected chi connectivity index (χ1v) is 6.83. The minimum Gasteiger partial charge on any atom is -0.385 e. The van der Waals surface area contributed by atoms with Gasteiger partial charge in [0.25, 0.3) is 0 Å². The standard InChI is InChI=1S/C15H21ClO2/c1-4-11(5-2)15(18)14(17)9-12-7-6-10(3)8-13(12)16/h6-8,11,15,18H,4-5,9H2,1-3H3. The molecule has 100 valence electrons. The molecule has 2 nitrogen and oxygen atoms in total. The molecular weight excluding hydrogens is 248 g/mol. The quantitative estimate of drug-likeness (QED) is 0.857. The van der Waals surface area contributed by atoms with Crippen LogP contribution in [0.3, 0.4) is 0 Å². The van der Waals surface area contributed by atoms with Gasteiger partial charge in [0, 0.05) is 11.4 Å². The Kier molecular flexibility index (Phi) is 5.83. The molecule has 3 heteroatoms. The number of carbonyl (C=O) groups excluding carboxylic acids is 1. The molecule has 0 aliphatic heterocycles. The summed E-state index contributed by atoms with van der Waals surface area (Å²) in [5.74, 6) is -0.101. The zero-order chi connectivity index (χ0) is 13.7. The molecule has 0 aliphatic rings. The Morgan fingerprint density at radius 3 is 2.44 bits per heavy atom. The van der Waals surface area contributed by atoms with Crippen molar-refractivity contribution in [3.05, 3.63) is 34.3 Å². The Morgan fingerprint density at radius 2 is 1.94 bits per heavy atom. The Balaban J connectivity index is 2.75. The molecule has 1 unspecified atom stereocenters. The molecule has 1 aromatic carbocycles. The van der Waals surface area contributed by atoms with Gasteiger partial charge in [-0.15, -0.1) is 0 Å². The van der Waals surface area contributed by atoms with Crippen molar-refractivity contribution in [3.63, 3.8) is 0 Å².